The number of hydrogen-bond acceptors (Lipinski definition) is 5. The fourth-order valence-corrected chi connectivity index (χ4v) is 3.90. The van der Waals surface area contributed by atoms with Gasteiger partial charge in [-0.2, -0.15) is 5.10 Å². The number of fused-ring (bicyclic) bond motifs is 1. The summed E-state index contributed by atoms with van der Waals surface area (Å²) < 4.78 is 15.2. The molecule has 7 heteroatoms. The van der Waals surface area contributed by atoms with E-state index in [1.807, 2.05) is 25.6 Å². The van der Waals surface area contributed by atoms with E-state index in [9.17, 15) is 5.11 Å². The molecule has 1 fully saturated rings. The van der Waals surface area contributed by atoms with Crippen molar-refractivity contribution in [2.45, 2.75) is 25.5 Å². The van der Waals surface area contributed by atoms with E-state index in [2.05, 4.69) is 34.3 Å². The smallest absolute Gasteiger partial charge is 0.204 e. The number of nitrogens with zero attached hydrogens (tertiary/aromatic N) is 4. The van der Waals surface area contributed by atoms with Crippen molar-refractivity contribution in [1.29, 1.82) is 0 Å². The molecule has 0 saturated carbocycles. The Labute approximate surface area is 174 Å². The summed E-state index contributed by atoms with van der Waals surface area (Å²) in [7, 11) is 1.91. The van der Waals surface area contributed by atoms with E-state index in [1.54, 1.807) is 21.5 Å². The van der Waals surface area contributed by atoms with E-state index in [0.717, 1.165) is 36.1 Å². The summed E-state index contributed by atoms with van der Waals surface area (Å²) in [4.78, 5) is 4.40. The van der Waals surface area contributed by atoms with Gasteiger partial charge in [0.2, 0.25) is 5.88 Å². The maximum absolute atomic E-state index is 10.9. The lowest BCUT2D eigenvalue weighted by atomic mass is 10.1. The molecule has 3 aromatic heterocycles. The van der Waals surface area contributed by atoms with Gasteiger partial charge in [0.05, 0.1) is 24.4 Å². The van der Waals surface area contributed by atoms with Gasteiger partial charge in [-0.3, -0.25) is 9.67 Å². The number of aryl methyl sites for hydroxylation is 1. The summed E-state index contributed by atoms with van der Waals surface area (Å²) in [5.41, 5.74) is 3.99. The first-order valence-electron chi connectivity index (χ1n) is 10.2. The maximum Gasteiger partial charge on any atom is 0.204 e. The molecule has 5 rings (SSSR count). The standard InChI is InChI=1S/C23H24N4O3/c1-26-13-18(11-25-26)17-6-4-16(5-7-17)12-27-14-20-22(23(27)28)21(8-9-24-20)30-15-19-3-2-10-29-19/h4-9,11,13-14,19,28H,2-3,10,12,15H2,1H3. The molecule has 4 aromatic rings. The normalized spacial score (nSPS) is 16.4. The van der Waals surface area contributed by atoms with E-state index in [1.165, 1.54) is 0 Å². The Hall–Kier alpha value is -3.32. The maximum atomic E-state index is 10.9. The number of rotatable bonds is 6. The monoisotopic (exact) mass is 404 g/mol. The van der Waals surface area contributed by atoms with Gasteiger partial charge in [-0.25, -0.2) is 0 Å². The van der Waals surface area contributed by atoms with Crippen molar-refractivity contribution in [3.05, 3.63) is 60.7 Å². The molecule has 1 atom stereocenters. The number of aromatic nitrogens is 4. The molecule has 0 amide bonds. The van der Waals surface area contributed by atoms with Gasteiger partial charge < -0.3 is 19.1 Å². The first-order chi connectivity index (χ1) is 14.7. The number of aromatic hydroxyl groups is 1. The second-order valence-electron chi connectivity index (χ2n) is 7.70. The summed E-state index contributed by atoms with van der Waals surface area (Å²) in [6, 6.07) is 10.1. The van der Waals surface area contributed by atoms with Crippen LogP contribution in [0.1, 0.15) is 18.4 Å². The highest BCUT2D eigenvalue weighted by molar-refractivity contribution is 5.90. The molecule has 1 aliphatic heterocycles. The minimum Gasteiger partial charge on any atom is -0.494 e. The van der Waals surface area contributed by atoms with E-state index in [0.29, 0.717) is 29.8 Å². The molecule has 1 N–H and O–H groups in total. The van der Waals surface area contributed by atoms with E-state index in [-0.39, 0.29) is 12.0 Å². The van der Waals surface area contributed by atoms with Crippen LogP contribution in [-0.4, -0.2) is 43.8 Å². The molecule has 154 valence electrons. The molecule has 1 unspecified atom stereocenters. The summed E-state index contributed by atoms with van der Waals surface area (Å²) in [6.07, 6.45) is 9.61. The highest BCUT2D eigenvalue weighted by Crippen LogP contribution is 2.34. The molecule has 7 nitrogen and oxygen atoms in total. The van der Waals surface area contributed by atoms with Gasteiger partial charge in [-0.15, -0.1) is 0 Å². The van der Waals surface area contributed by atoms with Gasteiger partial charge in [-0.05, 0) is 30.0 Å². The van der Waals surface area contributed by atoms with Crippen LogP contribution >= 0.6 is 0 Å². The van der Waals surface area contributed by atoms with Gasteiger partial charge in [0, 0.05) is 37.8 Å². The van der Waals surface area contributed by atoms with Crippen molar-refractivity contribution in [2.75, 3.05) is 13.2 Å². The van der Waals surface area contributed by atoms with E-state index >= 15 is 0 Å². The van der Waals surface area contributed by atoms with Crippen molar-refractivity contribution in [3.8, 4) is 22.8 Å². The molecule has 0 radical (unpaired) electrons. The van der Waals surface area contributed by atoms with Crippen molar-refractivity contribution in [2.24, 2.45) is 7.05 Å². The molecular formula is C23H24N4O3. The van der Waals surface area contributed by atoms with Crippen LogP contribution in [0.3, 0.4) is 0 Å². The van der Waals surface area contributed by atoms with Crippen molar-refractivity contribution in [1.82, 2.24) is 19.3 Å². The zero-order chi connectivity index (χ0) is 20.5. The van der Waals surface area contributed by atoms with Gasteiger partial charge >= 0.3 is 0 Å². The number of benzene rings is 1. The van der Waals surface area contributed by atoms with Crippen LogP contribution in [0.5, 0.6) is 11.6 Å². The Bertz CT molecular complexity index is 1160. The van der Waals surface area contributed by atoms with Crippen LogP contribution < -0.4 is 4.74 Å². The lowest BCUT2D eigenvalue weighted by Crippen LogP contribution is -2.16. The summed E-state index contributed by atoms with van der Waals surface area (Å²) in [5, 5.41) is 15.7. The largest absolute Gasteiger partial charge is 0.494 e. The highest BCUT2D eigenvalue weighted by atomic mass is 16.5. The minimum atomic E-state index is 0.121. The predicted molar refractivity (Wildman–Crippen MR) is 114 cm³/mol. The molecule has 30 heavy (non-hydrogen) atoms. The average Bonchev–Trinajstić information content (AvgIpc) is 3.49. The number of ether oxygens (including phenoxy) is 2. The topological polar surface area (TPSA) is 74.3 Å². The molecular weight excluding hydrogens is 380 g/mol. The lowest BCUT2D eigenvalue weighted by molar-refractivity contribution is 0.0684. The molecule has 0 spiro atoms. The Morgan fingerprint density at radius 1 is 1.17 bits per heavy atom. The van der Waals surface area contributed by atoms with Crippen LogP contribution in [0, 0.1) is 0 Å². The summed E-state index contributed by atoms with van der Waals surface area (Å²) >= 11 is 0. The molecule has 0 bridgehead atoms. The van der Waals surface area contributed by atoms with Crippen LogP contribution in [0.15, 0.2) is 55.1 Å². The number of hydrogen-bond donors (Lipinski definition) is 1. The van der Waals surface area contributed by atoms with Crippen LogP contribution in [0.4, 0.5) is 0 Å². The third-order valence-electron chi connectivity index (χ3n) is 5.51. The second kappa shape index (κ2) is 7.84. The quantitative estimate of drug-likeness (QED) is 0.530. The summed E-state index contributed by atoms with van der Waals surface area (Å²) in [6.45, 7) is 1.82. The molecule has 1 aromatic carbocycles. The second-order valence-corrected chi connectivity index (χ2v) is 7.70. The van der Waals surface area contributed by atoms with Crippen LogP contribution in [0.25, 0.3) is 22.0 Å². The van der Waals surface area contributed by atoms with Crippen molar-refractivity contribution < 1.29 is 14.6 Å². The number of pyridine rings is 1. The third-order valence-corrected chi connectivity index (χ3v) is 5.51. The van der Waals surface area contributed by atoms with Crippen molar-refractivity contribution in [3.63, 3.8) is 0 Å². The fourth-order valence-electron chi connectivity index (χ4n) is 3.90. The zero-order valence-electron chi connectivity index (χ0n) is 16.9. The molecule has 1 aliphatic rings. The van der Waals surface area contributed by atoms with E-state index < -0.39 is 0 Å². The molecule has 4 heterocycles. The van der Waals surface area contributed by atoms with Crippen LogP contribution in [-0.2, 0) is 18.3 Å². The molecule has 0 aliphatic carbocycles. The third kappa shape index (κ3) is 3.64. The highest BCUT2D eigenvalue weighted by Gasteiger charge is 2.19. The van der Waals surface area contributed by atoms with Crippen LogP contribution in [0.2, 0.25) is 0 Å². The molecule has 1 saturated heterocycles. The Kier molecular flexibility index (Phi) is 4.88. The predicted octanol–water partition coefficient (Wildman–Crippen LogP) is 3.75. The average molecular weight is 404 g/mol. The van der Waals surface area contributed by atoms with Crippen molar-refractivity contribution >= 4 is 10.9 Å². The van der Waals surface area contributed by atoms with E-state index in [4.69, 9.17) is 9.47 Å². The lowest BCUT2D eigenvalue weighted by Gasteiger charge is -2.12. The van der Waals surface area contributed by atoms with Gasteiger partial charge in [0.25, 0.3) is 0 Å². The first kappa shape index (κ1) is 18.7. The summed E-state index contributed by atoms with van der Waals surface area (Å²) in [5.74, 6) is 0.801. The van der Waals surface area contributed by atoms with Gasteiger partial charge in [-0.1, -0.05) is 24.3 Å². The Morgan fingerprint density at radius 2 is 2.03 bits per heavy atom. The minimum absolute atomic E-state index is 0.121. The SMILES string of the molecule is Cn1cc(-c2ccc(Cn3cc4nccc(OCC5CCCO5)c4c3O)cc2)cn1. The Balaban J connectivity index is 1.36. The zero-order valence-corrected chi connectivity index (χ0v) is 16.9. The Morgan fingerprint density at radius 3 is 2.77 bits per heavy atom. The first-order valence-corrected chi connectivity index (χ1v) is 10.2. The fraction of sp³-hybridized carbons (Fsp3) is 0.304. The van der Waals surface area contributed by atoms with Gasteiger partial charge in [0.15, 0.2) is 0 Å². The van der Waals surface area contributed by atoms with Gasteiger partial charge in [0.1, 0.15) is 17.7 Å².